The van der Waals surface area contributed by atoms with E-state index >= 15 is 0 Å². The van der Waals surface area contributed by atoms with Crippen molar-refractivity contribution in [3.8, 4) is 5.75 Å². The van der Waals surface area contributed by atoms with Crippen LogP contribution in [0.15, 0.2) is 24.3 Å². The number of carbonyl (C=O) groups excluding carboxylic acids is 1. The van der Waals surface area contributed by atoms with Gasteiger partial charge >= 0.3 is 6.09 Å². The van der Waals surface area contributed by atoms with Crippen molar-refractivity contribution in [1.82, 2.24) is 4.90 Å². The molecule has 1 aromatic rings. The fraction of sp³-hybridized carbons (Fsp3) is 0.562. The van der Waals surface area contributed by atoms with Gasteiger partial charge in [-0.1, -0.05) is 6.92 Å². The lowest BCUT2D eigenvalue weighted by molar-refractivity contribution is 0.0322. The molecule has 1 aliphatic rings. The number of carbonyl (C=O) groups is 1. The van der Waals surface area contributed by atoms with Crippen LogP contribution in [0.2, 0.25) is 0 Å². The molecule has 1 aromatic carbocycles. The average molecular weight is 345 g/mol. The molecule has 0 aliphatic carbocycles. The minimum Gasteiger partial charge on any atom is -0.492 e. The first-order chi connectivity index (χ1) is 10.8. The third-order valence-corrected chi connectivity index (χ3v) is 3.32. The molecule has 0 unspecified atom stereocenters. The molecule has 1 fully saturated rings. The number of amides is 1. The van der Waals surface area contributed by atoms with Crippen molar-refractivity contribution in [2.45, 2.75) is 13.3 Å². The predicted octanol–water partition coefficient (Wildman–Crippen LogP) is 2.78. The van der Waals surface area contributed by atoms with Crippen molar-refractivity contribution >= 4 is 24.2 Å². The van der Waals surface area contributed by atoms with Crippen LogP contribution in [0, 0.1) is 0 Å². The van der Waals surface area contributed by atoms with Crippen LogP contribution in [-0.2, 0) is 9.47 Å². The average Bonchev–Trinajstić information content (AvgIpc) is 2.55. The van der Waals surface area contributed by atoms with E-state index in [4.69, 9.17) is 14.2 Å². The smallest absolute Gasteiger partial charge is 0.411 e. The van der Waals surface area contributed by atoms with Crippen LogP contribution in [0.4, 0.5) is 10.5 Å². The summed E-state index contributed by atoms with van der Waals surface area (Å²) >= 11 is 0. The topological polar surface area (TPSA) is 60.0 Å². The first kappa shape index (κ1) is 19.5. The van der Waals surface area contributed by atoms with Gasteiger partial charge in [0, 0.05) is 25.3 Å². The van der Waals surface area contributed by atoms with Gasteiger partial charge in [-0.25, -0.2) is 4.79 Å². The van der Waals surface area contributed by atoms with Crippen LogP contribution in [0.25, 0.3) is 0 Å². The maximum absolute atomic E-state index is 11.4. The first-order valence-electron chi connectivity index (χ1n) is 7.74. The van der Waals surface area contributed by atoms with Crippen LogP contribution >= 0.6 is 12.4 Å². The zero-order chi connectivity index (χ0) is 15.6. The highest BCUT2D eigenvalue weighted by molar-refractivity contribution is 5.85. The Labute approximate surface area is 143 Å². The highest BCUT2D eigenvalue weighted by Crippen LogP contribution is 2.16. The van der Waals surface area contributed by atoms with Gasteiger partial charge in [-0.05, 0) is 30.7 Å². The normalized spacial score (nSPS) is 14.7. The van der Waals surface area contributed by atoms with E-state index in [0.29, 0.717) is 18.9 Å². The second-order valence-corrected chi connectivity index (χ2v) is 5.09. The third-order valence-electron chi connectivity index (χ3n) is 3.32. The number of anilines is 1. The zero-order valence-electron chi connectivity index (χ0n) is 13.5. The Kier molecular flexibility index (Phi) is 9.43. The van der Waals surface area contributed by atoms with E-state index in [1.54, 1.807) is 12.1 Å². The van der Waals surface area contributed by atoms with Crippen LogP contribution in [0.3, 0.4) is 0 Å². The van der Waals surface area contributed by atoms with Gasteiger partial charge in [0.05, 0.1) is 19.8 Å². The number of nitrogens with one attached hydrogen (secondary N) is 1. The monoisotopic (exact) mass is 344 g/mol. The molecule has 130 valence electrons. The van der Waals surface area contributed by atoms with Gasteiger partial charge in [0.25, 0.3) is 0 Å². The van der Waals surface area contributed by atoms with E-state index in [0.717, 1.165) is 45.0 Å². The number of hydrogen-bond acceptors (Lipinski definition) is 5. The van der Waals surface area contributed by atoms with Gasteiger partial charge in [-0.15, -0.1) is 12.4 Å². The highest BCUT2D eigenvalue weighted by Gasteiger charge is 2.09. The SMILES string of the molecule is CCCOC(=O)Nc1ccc(OCCN2CCOCC2)cc1.Cl. The van der Waals surface area contributed by atoms with Crippen LogP contribution in [0.5, 0.6) is 5.75 Å². The molecule has 1 N–H and O–H groups in total. The molecule has 0 atom stereocenters. The van der Waals surface area contributed by atoms with Gasteiger partial charge in [-0.2, -0.15) is 0 Å². The van der Waals surface area contributed by atoms with Crippen LogP contribution in [-0.4, -0.2) is 57.1 Å². The lowest BCUT2D eigenvalue weighted by Crippen LogP contribution is -2.38. The van der Waals surface area contributed by atoms with Crippen molar-refractivity contribution in [3.05, 3.63) is 24.3 Å². The van der Waals surface area contributed by atoms with Crippen molar-refractivity contribution in [2.24, 2.45) is 0 Å². The lowest BCUT2D eigenvalue weighted by Gasteiger charge is -2.26. The first-order valence-corrected chi connectivity index (χ1v) is 7.74. The summed E-state index contributed by atoms with van der Waals surface area (Å²) in [6, 6.07) is 7.29. The number of nitrogens with zero attached hydrogens (tertiary/aromatic N) is 1. The summed E-state index contributed by atoms with van der Waals surface area (Å²) < 4.78 is 16.0. The van der Waals surface area contributed by atoms with Gasteiger partial charge in [0.2, 0.25) is 0 Å². The summed E-state index contributed by atoms with van der Waals surface area (Å²) in [6.45, 7) is 7.45. The van der Waals surface area contributed by atoms with E-state index in [1.807, 2.05) is 19.1 Å². The summed E-state index contributed by atoms with van der Waals surface area (Å²) in [7, 11) is 0. The number of halogens is 1. The summed E-state index contributed by atoms with van der Waals surface area (Å²) in [4.78, 5) is 13.7. The molecule has 2 rings (SSSR count). The van der Waals surface area contributed by atoms with E-state index in [-0.39, 0.29) is 12.4 Å². The molecule has 1 saturated heterocycles. The Morgan fingerprint density at radius 2 is 1.91 bits per heavy atom. The second-order valence-electron chi connectivity index (χ2n) is 5.09. The van der Waals surface area contributed by atoms with Crippen molar-refractivity contribution < 1.29 is 19.0 Å². The molecule has 0 radical (unpaired) electrons. The number of rotatable bonds is 7. The summed E-state index contributed by atoms with van der Waals surface area (Å²) in [5, 5.41) is 2.67. The Balaban J connectivity index is 0.00000264. The Morgan fingerprint density at radius 1 is 1.22 bits per heavy atom. The number of benzene rings is 1. The fourth-order valence-electron chi connectivity index (χ4n) is 2.10. The fourth-order valence-corrected chi connectivity index (χ4v) is 2.10. The highest BCUT2D eigenvalue weighted by atomic mass is 35.5. The molecule has 0 spiro atoms. The molecular weight excluding hydrogens is 320 g/mol. The molecule has 7 heteroatoms. The zero-order valence-corrected chi connectivity index (χ0v) is 14.3. The minimum atomic E-state index is -0.428. The van der Waals surface area contributed by atoms with Gasteiger partial charge in [0.1, 0.15) is 12.4 Å². The molecule has 1 heterocycles. The minimum absolute atomic E-state index is 0. The van der Waals surface area contributed by atoms with Gasteiger partial charge < -0.3 is 14.2 Å². The summed E-state index contributed by atoms with van der Waals surface area (Å²) in [6.07, 6.45) is 0.381. The number of hydrogen-bond donors (Lipinski definition) is 1. The largest absolute Gasteiger partial charge is 0.492 e. The molecule has 0 aromatic heterocycles. The molecular formula is C16H25ClN2O4. The standard InChI is InChI=1S/C16H24N2O4.ClH/c1-2-10-22-16(19)17-14-3-5-15(6-4-14)21-13-9-18-7-11-20-12-8-18;/h3-6H,2,7-13H2,1H3,(H,17,19);1H. The number of morpholine rings is 1. The van der Waals surface area contributed by atoms with Gasteiger partial charge in [0.15, 0.2) is 0 Å². The van der Waals surface area contributed by atoms with E-state index < -0.39 is 6.09 Å². The predicted molar refractivity (Wildman–Crippen MR) is 91.7 cm³/mol. The Hall–Kier alpha value is -1.50. The summed E-state index contributed by atoms with van der Waals surface area (Å²) in [5.74, 6) is 0.792. The molecule has 0 saturated carbocycles. The van der Waals surface area contributed by atoms with Crippen molar-refractivity contribution in [2.75, 3.05) is 51.4 Å². The van der Waals surface area contributed by atoms with E-state index in [1.165, 1.54) is 0 Å². The Morgan fingerprint density at radius 3 is 2.57 bits per heavy atom. The van der Waals surface area contributed by atoms with Crippen LogP contribution < -0.4 is 10.1 Å². The van der Waals surface area contributed by atoms with Crippen molar-refractivity contribution in [3.63, 3.8) is 0 Å². The molecule has 1 aliphatic heterocycles. The maximum Gasteiger partial charge on any atom is 0.411 e. The van der Waals surface area contributed by atoms with Crippen LogP contribution in [0.1, 0.15) is 13.3 Å². The van der Waals surface area contributed by atoms with Crippen molar-refractivity contribution in [1.29, 1.82) is 0 Å². The maximum atomic E-state index is 11.4. The molecule has 23 heavy (non-hydrogen) atoms. The molecule has 1 amide bonds. The molecule has 6 nitrogen and oxygen atoms in total. The summed E-state index contributed by atoms with van der Waals surface area (Å²) in [5.41, 5.74) is 0.696. The van der Waals surface area contributed by atoms with Gasteiger partial charge in [-0.3, -0.25) is 10.2 Å². The van der Waals surface area contributed by atoms with E-state index in [2.05, 4.69) is 10.2 Å². The quantitative estimate of drug-likeness (QED) is 0.824. The lowest BCUT2D eigenvalue weighted by atomic mass is 10.3. The second kappa shape index (κ2) is 11.1. The third kappa shape index (κ3) is 7.54. The Bertz CT molecular complexity index is 450. The van der Waals surface area contributed by atoms with E-state index in [9.17, 15) is 4.79 Å². The number of ether oxygens (including phenoxy) is 3. The molecule has 0 bridgehead atoms.